The number of ether oxygens (including phenoxy) is 1. The second-order valence-corrected chi connectivity index (χ2v) is 7.69. The molecule has 0 aliphatic carbocycles. The number of nitrogens with one attached hydrogen (secondary N) is 1. The third kappa shape index (κ3) is 4.91. The average molecular weight is 380 g/mol. The van der Waals surface area contributed by atoms with Gasteiger partial charge in [0.2, 0.25) is 5.91 Å². The Morgan fingerprint density at radius 3 is 2.73 bits per heavy atom. The predicted molar refractivity (Wildman–Crippen MR) is 105 cm³/mol. The summed E-state index contributed by atoms with van der Waals surface area (Å²) in [6, 6.07) is 4.72. The van der Waals surface area contributed by atoms with E-state index in [0.717, 1.165) is 11.4 Å². The molecule has 7 heteroatoms. The molecule has 1 aromatic rings. The lowest BCUT2D eigenvalue weighted by molar-refractivity contribution is -0.120. The third-order valence-electron chi connectivity index (χ3n) is 4.00. The van der Waals surface area contributed by atoms with Crippen LogP contribution in [-0.4, -0.2) is 43.8 Å². The highest BCUT2D eigenvalue weighted by Crippen LogP contribution is 2.34. The fourth-order valence-corrected chi connectivity index (χ4v) is 3.01. The molecule has 1 atom stereocenters. The van der Waals surface area contributed by atoms with E-state index in [9.17, 15) is 9.59 Å². The van der Waals surface area contributed by atoms with Crippen LogP contribution in [0.3, 0.4) is 0 Å². The lowest BCUT2D eigenvalue weighted by atomic mass is 10.1. The van der Waals surface area contributed by atoms with Gasteiger partial charge in [0.15, 0.2) is 0 Å². The normalized spacial score (nSPS) is 17.9. The molecule has 1 aliphatic rings. The molecule has 1 aromatic carbocycles. The molecule has 0 radical (unpaired) electrons. The maximum Gasteiger partial charge on any atom is 0.408 e. The number of alkyl carbamates (subject to hydrolysis) is 1. The molecule has 1 N–H and O–H groups in total. The van der Waals surface area contributed by atoms with Gasteiger partial charge in [-0.1, -0.05) is 17.7 Å². The lowest BCUT2D eigenvalue weighted by Crippen LogP contribution is -2.51. The Kier molecular flexibility index (Phi) is 6.18. The molecular weight excluding hydrogens is 354 g/mol. The third-order valence-corrected chi connectivity index (χ3v) is 4.23. The van der Waals surface area contributed by atoms with E-state index in [1.807, 2.05) is 12.1 Å². The number of benzene rings is 1. The van der Waals surface area contributed by atoms with E-state index in [0.29, 0.717) is 24.5 Å². The number of rotatable bonds is 3. The van der Waals surface area contributed by atoms with Crippen molar-refractivity contribution in [3.63, 3.8) is 0 Å². The van der Waals surface area contributed by atoms with Crippen LogP contribution in [0.5, 0.6) is 0 Å². The minimum Gasteiger partial charge on any atom is -0.444 e. The molecule has 0 saturated carbocycles. The Morgan fingerprint density at radius 2 is 2.12 bits per heavy atom. The van der Waals surface area contributed by atoms with Crippen LogP contribution < -0.4 is 15.1 Å². The summed E-state index contributed by atoms with van der Waals surface area (Å²) in [7, 11) is 1.69. The zero-order chi connectivity index (χ0) is 19.5. The first-order chi connectivity index (χ1) is 12.1. The minimum absolute atomic E-state index is 0.197. The first-order valence-corrected chi connectivity index (χ1v) is 8.92. The lowest BCUT2D eigenvalue weighted by Gasteiger charge is -2.35. The molecule has 0 spiro atoms. The van der Waals surface area contributed by atoms with Crippen LogP contribution in [0.2, 0.25) is 5.02 Å². The summed E-state index contributed by atoms with van der Waals surface area (Å²) in [6.07, 6.45) is 1.64. The molecule has 0 aromatic heterocycles. The first-order valence-electron chi connectivity index (χ1n) is 8.55. The van der Waals surface area contributed by atoms with Crippen LogP contribution >= 0.6 is 11.6 Å². The molecule has 1 aliphatic heterocycles. The van der Waals surface area contributed by atoms with Crippen molar-refractivity contribution in [2.75, 3.05) is 29.9 Å². The summed E-state index contributed by atoms with van der Waals surface area (Å²) in [5.74, 6) is -0.197. The van der Waals surface area contributed by atoms with Crippen molar-refractivity contribution in [1.29, 1.82) is 0 Å². The monoisotopic (exact) mass is 379 g/mol. The van der Waals surface area contributed by atoms with Crippen LogP contribution in [0.25, 0.3) is 0 Å². The largest absolute Gasteiger partial charge is 0.444 e. The van der Waals surface area contributed by atoms with E-state index >= 15 is 0 Å². The molecule has 26 heavy (non-hydrogen) atoms. The van der Waals surface area contributed by atoms with Gasteiger partial charge in [-0.25, -0.2) is 4.79 Å². The maximum absolute atomic E-state index is 12.9. The number of hydrogen-bond acceptors (Lipinski definition) is 4. The maximum atomic E-state index is 12.9. The summed E-state index contributed by atoms with van der Waals surface area (Å²) in [4.78, 5) is 28.6. The highest BCUT2D eigenvalue weighted by Gasteiger charge is 2.31. The number of anilines is 2. The van der Waals surface area contributed by atoms with E-state index < -0.39 is 17.7 Å². The summed E-state index contributed by atoms with van der Waals surface area (Å²) in [5, 5.41) is 3.30. The van der Waals surface area contributed by atoms with Crippen LogP contribution in [0, 0.1) is 0 Å². The van der Waals surface area contributed by atoms with Crippen molar-refractivity contribution in [3.8, 4) is 0 Å². The van der Waals surface area contributed by atoms with Gasteiger partial charge in [0, 0.05) is 25.2 Å². The Morgan fingerprint density at radius 1 is 1.42 bits per heavy atom. The summed E-state index contributed by atoms with van der Waals surface area (Å²) in [6.45, 7) is 10.3. The van der Waals surface area contributed by atoms with E-state index in [2.05, 4.69) is 16.8 Å². The average Bonchev–Trinajstić information content (AvgIpc) is 2.53. The molecule has 0 fully saturated rings. The SMILES string of the molecule is C=CCN1CC[C@H](NC(=O)OC(C)(C)C)C(=O)N(C)c2ccc(Cl)cc21. The molecule has 0 saturated heterocycles. The number of likely N-dealkylation sites (N-methyl/N-ethyl adjacent to an activating group) is 1. The topological polar surface area (TPSA) is 61.9 Å². The number of amides is 2. The Labute approximate surface area is 159 Å². The first kappa shape index (κ1) is 20.1. The van der Waals surface area contributed by atoms with Crippen molar-refractivity contribution in [2.45, 2.75) is 38.8 Å². The van der Waals surface area contributed by atoms with Crippen molar-refractivity contribution >= 4 is 35.0 Å². The van der Waals surface area contributed by atoms with Crippen LogP contribution in [0.15, 0.2) is 30.9 Å². The number of hydrogen-bond donors (Lipinski definition) is 1. The van der Waals surface area contributed by atoms with Crippen molar-refractivity contribution in [3.05, 3.63) is 35.9 Å². The van der Waals surface area contributed by atoms with Gasteiger partial charge in [-0.3, -0.25) is 4.79 Å². The fourth-order valence-electron chi connectivity index (χ4n) is 2.84. The van der Waals surface area contributed by atoms with Gasteiger partial charge in [0.05, 0.1) is 11.4 Å². The molecule has 6 nitrogen and oxygen atoms in total. The van der Waals surface area contributed by atoms with Gasteiger partial charge in [0.25, 0.3) is 0 Å². The standard InChI is InChI=1S/C19H26ClN3O3/c1-6-10-23-11-9-14(21-18(25)26-19(2,3)4)17(24)22(5)15-8-7-13(20)12-16(15)23/h6-8,12,14H,1,9-11H2,2-5H3,(H,21,25)/t14-/m0/s1. The summed E-state index contributed by atoms with van der Waals surface area (Å²) in [5.41, 5.74) is 0.972. The van der Waals surface area contributed by atoms with Gasteiger partial charge >= 0.3 is 6.09 Å². The molecule has 0 unspecified atom stereocenters. The number of halogens is 1. The Balaban J connectivity index is 2.30. The highest BCUT2D eigenvalue weighted by atomic mass is 35.5. The van der Waals surface area contributed by atoms with Crippen LogP contribution in [-0.2, 0) is 9.53 Å². The second kappa shape index (κ2) is 7.99. The van der Waals surface area contributed by atoms with Gasteiger partial charge in [-0.2, -0.15) is 0 Å². The van der Waals surface area contributed by atoms with E-state index in [1.165, 1.54) is 0 Å². The predicted octanol–water partition coefficient (Wildman–Crippen LogP) is 3.59. The van der Waals surface area contributed by atoms with E-state index in [-0.39, 0.29) is 5.91 Å². The van der Waals surface area contributed by atoms with Crippen molar-refractivity contribution in [1.82, 2.24) is 5.32 Å². The Hall–Kier alpha value is -2.21. The molecule has 0 bridgehead atoms. The smallest absolute Gasteiger partial charge is 0.408 e. The molecular formula is C19H26ClN3O3. The molecule has 142 valence electrons. The minimum atomic E-state index is -0.675. The zero-order valence-corrected chi connectivity index (χ0v) is 16.5. The number of fused-ring (bicyclic) bond motifs is 1. The van der Waals surface area contributed by atoms with Gasteiger partial charge < -0.3 is 19.9 Å². The number of carbonyl (C=O) groups is 2. The zero-order valence-electron chi connectivity index (χ0n) is 15.7. The van der Waals surface area contributed by atoms with Gasteiger partial charge in [-0.05, 0) is 45.4 Å². The van der Waals surface area contributed by atoms with Crippen LogP contribution in [0.4, 0.5) is 16.2 Å². The van der Waals surface area contributed by atoms with Gasteiger partial charge in [0.1, 0.15) is 11.6 Å². The van der Waals surface area contributed by atoms with Crippen molar-refractivity contribution < 1.29 is 14.3 Å². The summed E-state index contributed by atoms with van der Waals surface area (Å²) < 4.78 is 5.29. The molecule has 1 heterocycles. The van der Waals surface area contributed by atoms with Gasteiger partial charge in [-0.15, -0.1) is 6.58 Å². The number of nitrogens with zero attached hydrogens (tertiary/aromatic N) is 2. The number of carbonyl (C=O) groups excluding carboxylic acids is 2. The van der Waals surface area contributed by atoms with Crippen LogP contribution in [0.1, 0.15) is 27.2 Å². The molecule has 2 amide bonds. The highest BCUT2D eigenvalue weighted by molar-refractivity contribution is 6.31. The quantitative estimate of drug-likeness (QED) is 0.815. The van der Waals surface area contributed by atoms with E-state index in [1.54, 1.807) is 44.9 Å². The summed E-state index contributed by atoms with van der Waals surface area (Å²) >= 11 is 6.15. The second-order valence-electron chi connectivity index (χ2n) is 7.25. The van der Waals surface area contributed by atoms with Crippen molar-refractivity contribution in [2.24, 2.45) is 0 Å². The fraction of sp³-hybridized carbons (Fsp3) is 0.474. The Bertz CT molecular complexity index is 700. The molecule has 2 rings (SSSR count). The van der Waals surface area contributed by atoms with E-state index in [4.69, 9.17) is 16.3 Å².